The van der Waals surface area contributed by atoms with Crippen LogP contribution in [0.25, 0.3) is 0 Å². The normalized spacial score (nSPS) is 13.7. The number of halogens is 1. The van der Waals surface area contributed by atoms with Gasteiger partial charge in [-0.2, -0.15) is 0 Å². The van der Waals surface area contributed by atoms with Gasteiger partial charge in [0.25, 0.3) is 0 Å². The third kappa shape index (κ3) is 5.99. The summed E-state index contributed by atoms with van der Waals surface area (Å²) in [7, 11) is -1.45. The first-order valence-electron chi connectivity index (χ1n) is 7.15. The minimum absolute atomic E-state index is 0.0451. The van der Waals surface area contributed by atoms with Crippen molar-refractivity contribution < 1.29 is 14.1 Å². The Morgan fingerprint density at radius 3 is 2.43 bits per heavy atom. The first-order valence-corrected chi connectivity index (χ1v) is 8.84. The van der Waals surface area contributed by atoms with E-state index < -0.39 is 16.9 Å². The Morgan fingerprint density at radius 2 is 1.83 bits per heavy atom. The number of aliphatic hydroxyl groups is 1. The van der Waals surface area contributed by atoms with Gasteiger partial charge in [-0.15, -0.1) is 0 Å². The number of nitrogens with zero attached hydrogens (tertiary/aromatic N) is 2. The topological polar surface area (TPSA) is 72.3 Å². The van der Waals surface area contributed by atoms with Crippen LogP contribution in [0.3, 0.4) is 0 Å². The van der Waals surface area contributed by atoms with Crippen LogP contribution in [-0.2, 0) is 22.1 Å². The van der Waals surface area contributed by atoms with Crippen LogP contribution < -0.4 is 0 Å². The number of aryl methyl sites for hydroxylation is 2. The summed E-state index contributed by atoms with van der Waals surface area (Å²) < 4.78 is 17.6. The van der Waals surface area contributed by atoms with Crippen molar-refractivity contribution in [1.29, 1.82) is 0 Å². The minimum Gasteiger partial charge on any atom is -0.390 e. The maximum atomic E-state index is 12.2. The van der Waals surface area contributed by atoms with Crippen LogP contribution in [0.1, 0.15) is 17.0 Å². The standard InChI is InChI=1S/C16H19ClN2O3S/c1-11-7-12(2)19-16(18-11)23(21)10-15(20)9-22-8-13-3-5-14(17)6-4-13/h3-7,15,20H,8-10H2,1-2H3. The van der Waals surface area contributed by atoms with Crippen molar-refractivity contribution in [2.24, 2.45) is 0 Å². The van der Waals surface area contributed by atoms with Crippen LogP contribution in [0, 0.1) is 13.8 Å². The molecular weight excluding hydrogens is 336 g/mol. The van der Waals surface area contributed by atoms with Gasteiger partial charge in [0.15, 0.2) is 0 Å². The smallest absolute Gasteiger partial charge is 0.219 e. The summed E-state index contributed by atoms with van der Waals surface area (Å²) in [6.07, 6.45) is -0.840. The third-order valence-electron chi connectivity index (χ3n) is 3.00. The van der Waals surface area contributed by atoms with Gasteiger partial charge in [-0.05, 0) is 37.6 Å². The van der Waals surface area contributed by atoms with Gasteiger partial charge in [0.2, 0.25) is 5.16 Å². The van der Waals surface area contributed by atoms with Gasteiger partial charge in [-0.3, -0.25) is 4.21 Å². The molecule has 124 valence electrons. The Bertz CT molecular complexity index is 659. The van der Waals surface area contributed by atoms with Crippen LogP contribution in [0.2, 0.25) is 5.02 Å². The predicted molar refractivity (Wildman–Crippen MR) is 89.9 cm³/mol. The van der Waals surface area contributed by atoms with E-state index >= 15 is 0 Å². The van der Waals surface area contributed by atoms with Crippen molar-refractivity contribution in [2.75, 3.05) is 12.4 Å². The number of aromatic nitrogens is 2. The molecule has 2 atom stereocenters. The van der Waals surface area contributed by atoms with Gasteiger partial charge < -0.3 is 9.84 Å². The highest BCUT2D eigenvalue weighted by molar-refractivity contribution is 7.84. The summed E-state index contributed by atoms with van der Waals surface area (Å²) in [6, 6.07) is 9.09. The van der Waals surface area contributed by atoms with Gasteiger partial charge in [0.05, 0.1) is 35.9 Å². The average molecular weight is 355 g/mol. The summed E-state index contributed by atoms with van der Waals surface area (Å²) in [4.78, 5) is 8.29. The second kappa shape index (κ2) is 8.49. The average Bonchev–Trinajstić information content (AvgIpc) is 2.48. The van der Waals surface area contributed by atoms with Crippen molar-refractivity contribution >= 4 is 22.4 Å². The molecule has 0 fully saturated rings. The first-order chi connectivity index (χ1) is 10.9. The van der Waals surface area contributed by atoms with Crippen LogP contribution in [0.5, 0.6) is 0 Å². The summed E-state index contributed by atoms with van der Waals surface area (Å²) in [5.74, 6) is 0.0451. The predicted octanol–water partition coefficient (Wildman–Crippen LogP) is 2.43. The van der Waals surface area contributed by atoms with Gasteiger partial charge >= 0.3 is 0 Å². The lowest BCUT2D eigenvalue weighted by Crippen LogP contribution is -2.23. The van der Waals surface area contributed by atoms with E-state index in [-0.39, 0.29) is 17.5 Å². The Morgan fingerprint density at radius 1 is 1.22 bits per heavy atom. The second-order valence-electron chi connectivity index (χ2n) is 5.24. The molecule has 0 aliphatic carbocycles. The van der Waals surface area contributed by atoms with E-state index in [4.69, 9.17) is 16.3 Å². The van der Waals surface area contributed by atoms with Crippen molar-refractivity contribution in [3.8, 4) is 0 Å². The molecule has 1 N–H and O–H groups in total. The molecule has 0 saturated heterocycles. The van der Waals surface area contributed by atoms with Crippen molar-refractivity contribution in [3.05, 3.63) is 52.3 Å². The van der Waals surface area contributed by atoms with Gasteiger partial charge in [0.1, 0.15) is 0 Å². The molecule has 0 saturated carbocycles. The molecule has 0 amide bonds. The number of ether oxygens (including phenoxy) is 1. The molecule has 23 heavy (non-hydrogen) atoms. The molecule has 1 aromatic carbocycles. The van der Waals surface area contributed by atoms with E-state index in [0.717, 1.165) is 17.0 Å². The minimum atomic E-state index is -1.45. The molecule has 0 spiro atoms. The number of rotatable bonds is 7. The molecule has 0 radical (unpaired) electrons. The molecule has 2 aromatic rings. The van der Waals surface area contributed by atoms with Crippen LogP contribution in [-0.4, -0.2) is 37.7 Å². The fourth-order valence-corrected chi connectivity index (χ4v) is 3.20. The molecule has 0 aliphatic rings. The zero-order valence-corrected chi connectivity index (χ0v) is 14.6. The number of benzene rings is 1. The molecular formula is C16H19ClN2O3S. The molecule has 2 rings (SSSR count). The van der Waals surface area contributed by atoms with Gasteiger partial charge in [-0.1, -0.05) is 23.7 Å². The van der Waals surface area contributed by atoms with Gasteiger partial charge in [-0.25, -0.2) is 9.97 Å². The highest BCUT2D eigenvalue weighted by Crippen LogP contribution is 2.11. The van der Waals surface area contributed by atoms with Crippen molar-refractivity contribution in [1.82, 2.24) is 9.97 Å². The zero-order chi connectivity index (χ0) is 16.8. The lowest BCUT2D eigenvalue weighted by atomic mass is 10.2. The molecule has 0 aliphatic heterocycles. The largest absolute Gasteiger partial charge is 0.390 e. The Balaban J connectivity index is 1.80. The quantitative estimate of drug-likeness (QED) is 0.773. The summed E-state index contributed by atoms with van der Waals surface area (Å²) >= 11 is 5.81. The van der Waals surface area contributed by atoms with E-state index in [9.17, 15) is 9.32 Å². The fourth-order valence-electron chi connectivity index (χ4n) is 1.99. The molecule has 5 nitrogen and oxygen atoms in total. The molecule has 2 unspecified atom stereocenters. The molecule has 0 bridgehead atoms. The Kier molecular flexibility index (Phi) is 6.65. The summed E-state index contributed by atoms with van der Waals surface area (Å²) in [6.45, 7) is 4.10. The highest BCUT2D eigenvalue weighted by atomic mass is 35.5. The first kappa shape index (κ1) is 18.0. The van der Waals surface area contributed by atoms with Crippen LogP contribution >= 0.6 is 11.6 Å². The van der Waals surface area contributed by atoms with Crippen LogP contribution in [0.4, 0.5) is 0 Å². The number of hydrogen-bond donors (Lipinski definition) is 1. The fraction of sp³-hybridized carbons (Fsp3) is 0.375. The maximum Gasteiger partial charge on any atom is 0.219 e. The lowest BCUT2D eigenvalue weighted by Gasteiger charge is -2.11. The maximum absolute atomic E-state index is 12.2. The van der Waals surface area contributed by atoms with E-state index in [1.807, 2.05) is 32.0 Å². The van der Waals surface area contributed by atoms with Crippen molar-refractivity contribution in [3.63, 3.8) is 0 Å². The molecule has 1 heterocycles. The summed E-state index contributed by atoms with van der Waals surface area (Å²) in [5, 5.41) is 10.9. The van der Waals surface area contributed by atoms with Crippen molar-refractivity contribution in [2.45, 2.75) is 31.7 Å². The van der Waals surface area contributed by atoms with E-state index in [0.29, 0.717) is 11.6 Å². The molecule has 1 aromatic heterocycles. The lowest BCUT2D eigenvalue weighted by molar-refractivity contribution is 0.0394. The third-order valence-corrected chi connectivity index (χ3v) is 4.53. The van der Waals surface area contributed by atoms with E-state index in [2.05, 4.69) is 9.97 Å². The second-order valence-corrected chi connectivity index (χ2v) is 7.07. The number of aliphatic hydroxyl groups excluding tert-OH is 1. The van der Waals surface area contributed by atoms with E-state index in [1.54, 1.807) is 12.1 Å². The number of hydrogen-bond acceptors (Lipinski definition) is 5. The van der Waals surface area contributed by atoms with Gasteiger partial charge in [0, 0.05) is 16.4 Å². The van der Waals surface area contributed by atoms with Crippen LogP contribution in [0.15, 0.2) is 35.5 Å². The van der Waals surface area contributed by atoms with E-state index in [1.165, 1.54) is 0 Å². The summed E-state index contributed by atoms with van der Waals surface area (Å²) in [5.41, 5.74) is 2.48. The Labute approximate surface area is 143 Å². The zero-order valence-electron chi connectivity index (χ0n) is 13.0. The Hall–Kier alpha value is -1.34. The molecule has 7 heteroatoms. The monoisotopic (exact) mass is 354 g/mol. The SMILES string of the molecule is Cc1cc(C)nc(S(=O)CC(O)COCc2ccc(Cl)cc2)n1. The highest BCUT2D eigenvalue weighted by Gasteiger charge is 2.15.